The maximum Gasteiger partial charge on any atom is 0.338 e. The van der Waals surface area contributed by atoms with Gasteiger partial charge in [-0.3, -0.25) is 4.79 Å². The van der Waals surface area contributed by atoms with Crippen molar-refractivity contribution in [3.63, 3.8) is 0 Å². The molecule has 36 heavy (non-hydrogen) atoms. The summed E-state index contributed by atoms with van der Waals surface area (Å²) in [5.41, 5.74) is -2.10. The number of esters is 1. The smallest absolute Gasteiger partial charge is 0.338 e. The van der Waals surface area contributed by atoms with Crippen molar-refractivity contribution in [1.29, 1.82) is 0 Å². The summed E-state index contributed by atoms with van der Waals surface area (Å²) in [6.07, 6.45) is -6.23. The van der Waals surface area contributed by atoms with E-state index in [1.807, 2.05) is 0 Å². The number of carbonyl (C=O) groups excluding carboxylic acids is 2. The molecule has 9 nitrogen and oxygen atoms in total. The molecule has 3 aromatic rings. The van der Waals surface area contributed by atoms with E-state index in [0.29, 0.717) is 5.56 Å². The molecule has 0 aromatic heterocycles. The minimum Gasteiger partial charge on any atom is -0.507 e. The second kappa shape index (κ2) is 8.72. The van der Waals surface area contributed by atoms with Crippen LogP contribution in [0.1, 0.15) is 43.0 Å². The quantitative estimate of drug-likeness (QED) is 0.343. The van der Waals surface area contributed by atoms with E-state index < -0.39 is 53.3 Å². The molecule has 2 aliphatic rings. The van der Waals surface area contributed by atoms with Crippen molar-refractivity contribution in [2.45, 2.75) is 36.9 Å². The predicted octanol–water partition coefficient (Wildman–Crippen LogP) is 1.53. The summed E-state index contributed by atoms with van der Waals surface area (Å²) in [6.45, 7) is 1.27. The van der Waals surface area contributed by atoms with Gasteiger partial charge in [-0.15, -0.1) is 0 Å². The van der Waals surface area contributed by atoms with E-state index in [4.69, 9.17) is 9.47 Å². The van der Waals surface area contributed by atoms with Crippen molar-refractivity contribution in [2.24, 2.45) is 0 Å². The first kappa shape index (κ1) is 24.0. The largest absolute Gasteiger partial charge is 0.507 e. The molecule has 0 radical (unpaired) electrons. The minimum atomic E-state index is -2.25. The Balaban J connectivity index is 1.55. The Bertz CT molecular complexity index is 1350. The number of phenolic OH excluding ortho intramolecular Hbond substituents is 2. The highest BCUT2D eigenvalue weighted by Crippen LogP contribution is 2.49. The third-order valence-electron chi connectivity index (χ3n) is 6.74. The monoisotopic (exact) mass is 492 g/mol. The van der Waals surface area contributed by atoms with Gasteiger partial charge in [-0.2, -0.15) is 0 Å². The summed E-state index contributed by atoms with van der Waals surface area (Å²) < 4.78 is 11.2. The van der Waals surface area contributed by atoms with Crippen LogP contribution in [0.3, 0.4) is 0 Å². The maximum absolute atomic E-state index is 13.2. The molecule has 1 fully saturated rings. The molecule has 1 aliphatic carbocycles. The average Bonchev–Trinajstić information content (AvgIpc) is 2.85. The third kappa shape index (κ3) is 3.56. The van der Waals surface area contributed by atoms with Gasteiger partial charge in [0.05, 0.1) is 23.3 Å². The fourth-order valence-corrected chi connectivity index (χ4v) is 5.03. The lowest BCUT2D eigenvalue weighted by molar-refractivity contribution is -0.231. The lowest BCUT2D eigenvalue weighted by Crippen LogP contribution is -2.62. The normalized spacial score (nSPS) is 27.2. The van der Waals surface area contributed by atoms with E-state index in [0.717, 1.165) is 0 Å². The topological polar surface area (TPSA) is 154 Å². The van der Waals surface area contributed by atoms with Gasteiger partial charge >= 0.3 is 5.97 Å². The Labute approximate surface area is 205 Å². The molecule has 1 aliphatic heterocycles. The Morgan fingerprint density at radius 3 is 2.36 bits per heavy atom. The molecular formula is C27H24O9. The van der Waals surface area contributed by atoms with Gasteiger partial charge in [-0.1, -0.05) is 36.4 Å². The highest BCUT2D eigenvalue weighted by Gasteiger charge is 2.56. The van der Waals surface area contributed by atoms with Gasteiger partial charge in [0.15, 0.2) is 6.10 Å². The number of ketones is 1. The number of ether oxygens (including phenoxy) is 2. The molecule has 0 bridgehead atoms. The van der Waals surface area contributed by atoms with Gasteiger partial charge in [-0.05, 0) is 36.8 Å². The Morgan fingerprint density at radius 2 is 1.64 bits per heavy atom. The van der Waals surface area contributed by atoms with E-state index in [2.05, 4.69) is 0 Å². The van der Waals surface area contributed by atoms with Crippen molar-refractivity contribution in [3.8, 4) is 11.5 Å². The average molecular weight is 492 g/mol. The van der Waals surface area contributed by atoms with Gasteiger partial charge in [0.25, 0.3) is 0 Å². The Hall–Kier alpha value is -3.76. The molecular weight excluding hydrogens is 468 g/mol. The van der Waals surface area contributed by atoms with Crippen LogP contribution in [-0.2, 0) is 15.1 Å². The van der Waals surface area contributed by atoms with Crippen molar-refractivity contribution in [2.75, 3.05) is 6.61 Å². The molecule has 0 spiro atoms. The first-order valence-electron chi connectivity index (χ1n) is 11.3. The number of aromatic hydroxyl groups is 2. The van der Waals surface area contributed by atoms with Gasteiger partial charge < -0.3 is 35.0 Å². The third-order valence-corrected chi connectivity index (χ3v) is 6.74. The van der Waals surface area contributed by atoms with Crippen LogP contribution in [0.2, 0.25) is 0 Å². The Kier molecular flexibility index (Phi) is 5.80. The number of hydrogen-bond acceptors (Lipinski definition) is 9. The SMILES string of the molecule is Cc1cc(O)c2c(c1)[C@](O)([C@H]1OC[C@@H](OC(=O)c3ccccc3)[C@@H](O)[C@@H]1O)c1cccc(O)c1C2=O. The van der Waals surface area contributed by atoms with E-state index >= 15 is 0 Å². The number of benzene rings is 3. The van der Waals surface area contributed by atoms with Crippen LogP contribution in [0.15, 0.2) is 60.7 Å². The molecule has 186 valence electrons. The zero-order valence-electron chi connectivity index (χ0n) is 19.2. The highest BCUT2D eigenvalue weighted by atomic mass is 16.6. The summed E-state index contributed by atoms with van der Waals surface area (Å²) in [5.74, 6) is -2.28. The van der Waals surface area contributed by atoms with Crippen molar-refractivity contribution < 1.29 is 44.6 Å². The summed E-state index contributed by atoms with van der Waals surface area (Å²) in [4.78, 5) is 25.7. The van der Waals surface area contributed by atoms with Crippen LogP contribution >= 0.6 is 0 Å². The van der Waals surface area contributed by atoms with Crippen LogP contribution in [0.5, 0.6) is 11.5 Å². The van der Waals surface area contributed by atoms with Gasteiger partial charge in [-0.25, -0.2) is 4.79 Å². The number of hydrogen-bond donors (Lipinski definition) is 5. The molecule has 9 heteroatoms. The zero-order chi connectivity index (χ0) is 25.8. The van der Waals surface area contributed by atoms with Gasteiger partial charge in [0.2, 0.25) is 5.78 Å². The van der Waals surface area contributed by atoms with E-state index in [-0.39, 0.29) is 34.4 Å². The first-order chi connectivity index (χ1) is 17.1. The number of aliphatic hydroxyl groups excluding tert-OH is 2. The maximum atomic E-state index is 13.2. The number of phenols is 2. The number of rotatable bonds is 3. The molecule has 5 rings (SSSR count). The van der Waals surface area contributed by atoms with Crippen LogP contribution in [0, 0.1) is 6.92 Å². The van der Waals surface area contributed by atoms with Crippen molar-refractivity contribution >= 4 is 11.8 Å². The lowest BCUT2D eigenvalue weighted by atomic mass is 9.68. The van der Waals surface area contributed by atoms with Gasteiger partial charge in [0.1, 0.15) is 35.4 Å². The molecule has 5 atom stereocenters. The second-order valence-electron chi connectivity index (χ2n) is 9.05. The number of fused-ring (bicyclic) bond motifs is 2. The summed E-state index contributed by atoms with van der Waals surface area (Å²) in [6, 6.07) is 15.0. The van der Waals surface area contributed by atoms with E-state index in [9.17, 15) is 35.1 Å². The fraction of sp³-hybridized carbons (Fsp3) is 0.259. The number of carbonyl (C=O) groups is 2. The van der Waals surface area contributed by atoms with Crippen molar-refractivity contribution in [3.05, 3.63) is 94.0 Å². The first-order valence-corrected chi connectivity index (χ1v) is 11.3. The molecule has 0 unspecified atom stereocenters. The van der Waals surface area contributed by atoms with Crippen LogP contribution in [0.25, 0.3) is 0 Å². The molecule has 0 amide bonds. The second-order valence-corrected chi connectivity index (χ2v) is 9.05. The Morgan fingerprint density at radius 1 is 0.944 bits per heavy atom. The van der Waals surface area contributed by atoms with Gasteiger partial charge in [0, 0.05) is 11.1 Å². The molecule has 1 saturated heterocycles. The zero-order valence-corrected chi connectivity index (χ0v) is 19.2. The summed E-state index contributed by atoms with van der Waals surface area (Å²) in [5, 5.41) is 55.2. The number of aryl methyl sites for hydroxylation is 1. The van der Waals surface area contributed by atoms with Crippen LogP contribution in [-0.4, -0.2) is 68.3 Å². The molecule has 0 saturated carbocycles. The molecule has 5 N–H and O–H groups in total. The molecule has 3 aromatic carbocycles. The van der Waals surface area contributed by atoms with E-state index in [1.54, 1.807) is 25.1 Å². The minimum absolute atomic E-state index is 0.0425. The standard InChI is InChI=1S/C27H24O9/c1-13-10-16-21(18(29)11-13)23(31)20-15(8-5-9-17(20)28)27(16,34)25-24(32)22(30)19(12-35-25)36-26(33)14-6-3-2-4-7-14/h2-11,19,22,24-25,28-30,32,34H,12H2,1H3/t19-,22-,24+,25+,27+/m1/s1. The summed E-state index contributed by atoms with van der Waals surface area (Å²) >= 11 is 0. The number of aliphatic hydroxyl groups is 3. The molecule has 1 heterocycles. The highest BCUT2D eigenvalue weighted by molar-refractivity contribution is 6.16. The fourth-order valence-electron chi connectivity index (χ4n) is 5.03. The van der Waals surface area contributed by atoms with Crippen LogP contribution in [0.4, 0.5) is 0 Å². The predicted molar refractivity (Wildman–Crippen MR) is 125 cm³/mol. The van der Waals surface area contributed by atoms with E-state index in [1.165, 1.54) is 42.5 Å². The van der Waals surface area contributed by atoms with Crippen LogP contribution < -0.4 is 0 Å². The van der Waals surface area contributed by atoms with Crippen molar-refractivity contribution in [1.82, 2.24) is 0 Å². The lowest BCUT2D eigenvalue weighted by Gasteiger charge is -2.47. The summed E-state index contributed by atoms with van der Waals surface area (Å²) in [7, 11) is 0.